The maximum Gasteiger partial charge on any atom is 0.322 e. The maximum absolute atomic E-state index is 11.6. The largest absolute Gasteiger partial charge is 0.468 e. The number of thioether (sulfide) groups is 1. The van der Waals surface area contributed by atoms with Crippen molar-refractivity contribution in [2.45, 2.75) is 37.1 Å². The Kier molecular flexibility index (Phi) is 5.73. The second-order valence-electron chi connectivity index (χ2n) is 4.84. The van der Waals surface area contributed by atoms with Gasteiger partial charge in [-0.15, -0.1) is 0 Å². The molecule has 0 spiro atoms. The molecule has 104 valence electrons. The normalized spacial score (nSPS) is 16.1. The van der Waals surface area contributed by atoms with Gasteiger partial charge in [0.15, 0.2) is 0 Å². The van der Waals surface area contributed by atoms with Crippen LogP contribution < -0.4 is 5.32 Å². The zero-order valence-corrected chi connectivity index (χ0v) is 12.1. The highest BCUT2D eigenvalue weighted by Crippen LogP contribution is 2.21. The van der Waals surface area contributed by atoms with Crippen LogP contribution in [0.2, 0.25) is 0 Å². The zero-order valence-electron chi connectivity index (χ0n) is 11.3. The van der Waals surface area contributed by atoms with E-state index < -0.39 is 0 Å². The van der Waals surface area contributed by atoms with Crippen LogP contribution in [0, 0.1) is 0 Å². The van der Waals surface area contributed by atoms with Crippen LogP contribution in [0.3, 0.4) is 0 Å². The molecule has 3 nitrogen and oxygen atoms in total. The molecule has 0 aliphatic heterocycles. The van der Waals surface area contributed by atoms with Crippen LogP contribution in [0.25, 0.3) is 0 Å². The second kappa shape index (κ2) is 7.56. The summed E-state index contributed by atoms with van der Waals surface area (Å²) in [5, 5.41) is 3.35. The van der Waals surface area contributed by atoms with Crippen LogP contribution in [-0.2, 0) is 15.3 Å². The minimum atomic E-state index is -0.138. The molecule has 0 bridgehead atoms. The molecule has 4 heteroatoms. The Labute approximate surface area is 119 Å². The molecule has 0 amide bonds. The lowest BCUT2D eigenvalue weighted by Crippen LogP contribution is -2.39. The van der Waals surface area contributed by atoms with Gasteiger partial charge in [-0.1, -0.05) is 30.3 Å². The van der Waals surface area contributed by atoms with E-state index in [1.54, 1.807) is 0 Å². The van der Waals surface area contributed by atoms with Gasteiger partial charge in [-0.3, -0.25) is 4.79 Å². The van der Waals surface area contributed by atoms with Gasteiger partial charge in [0, 0.05) is 11.8 Å². The van der Waals surface area contributed by atoms with Gasteiger partial charge in [0.25, 0.3) is 0 Å². The van der Waals surface area contributed by atoms with Gasteiger partial charge in [-0.2, -0.15) is 11.8 Å². The highest BCUT2D eigenvalue weighted by atomic mass is 32.2. The van der Waals surface area contributed by atoms with Crippen molar-refractivity contribution < 1.29 is 9.53 Å². The molecular formula is C15H21NO2S. The average Bonchev–Trinajstić information content (AvgIpc) is 3.26. The number of carbonyl (C=O) groups is 1. The first-order chi connectivity index (χ1) is 9.29. The van der Waals surface area contributed by atoms with E-state index in [0.717, 1.165) is 17.9 Å². The highest BCUT2D eigenvalue weighted by molar-refractivity contribution is 7.98. The topological polar surface area (TPSA) is 38.3 Å². The number of hydrogen-bond acceptors (Lipinski definition) is 4. The van der Waals surface area contributed by atoms with E-state index in [1.807, 2.05) is 17.8 Å². The van der Waals surface area contributed by atoms with Gasteiger partial charge in [-0.25, -0.2) is 0 Å². The third-order valence-corrected chi connectivity index (χ3v) is 4.22. The van der Waals surface area contributed by atoms with Crippen LogP contribution in [0.1, 0.15) is 24.8 Å². The molecule has 0 saturated heterocycles. The standard InChI is InChI=1S/C15H21NO2S/c1-18-15(17)14(16-13-7-8-13)9-10-19-11-12-5-3-2-4-6-12/h2-6,13-14,16H,7-11H2,1H3. The second-order valence-corrected chi connectivity index (χ2v) is 5.95. The average molecular weight is 279 g/mol. The molecule has 1 unspecified atom stereocenters. The molecule has 2 rings (SSSR count). The molecule has 0 heterocycles. The van der Waals surface area contributed by atoms with Crippen molar-refractivity contribution in [3.8, 4) is 0 Å². The van der Waals surface area contributed by atoms with Crippen LogP contribution in [0.15, 0.2) is 30.3 Å². The summed E-state index contributed by atoms with van der Waals surface area (Å²) in [6.07, 6.45) is 3.20. The molecule has 19 heavy (non-hydrogen) atoms. The van der Waals surface area contributed by atoms with Crippen LogP contribution >= 0.6 is 11.8 Å². The zero-order chi connectivity index (χ0) is 13.5. The van der Waals surface area contributed by atoms with Gasteiger partial charge in [0.1, 0.15) is 6.04 Å². The smallest absolute Gasteiger partial charge is 0.322 e. The summed E-state index contributed by atoms with van der Waals surface area (Å²) >= 11 is 1.86. The van der Waals surface area contributed by atoms with Crippen molar-refractivity contribution in [3.63, 3.8) is 0 Å². The summed E-state index contributed by atoms with van der Waals surface area (Å²) in [5.74, 6) is 1.83. The summed E-state index contributed by atoms with van der Waals surface area (Å²) in [6, 6.07) is 10.8. The number of carbonyl (C=O) groups excluding carboxylic acids is 1. The fourth-order valence-corrected chi connectivity index (χ4v) is 2.89. The molecule has 0 radical (unpaired) electrons. The highest BCUT2D eigenvalue weighted by Gasteiger charge is 2.28. The summed E-state index contributed by atoms with van der Waals surface area (Å²) in [4.78, 5) is 11.6. The first-order valence-electron chi connectivity index (χ1n) is 6.75. The van der Waals surface area contributed by atoms with Gasteiger partial charge in [0.05, 0.1) is 7.11 Å². The molecule has 1 aliphatic rings. The molecule has 1 aliphatic carbocycles. The summed E-state index contributed by atoms with van der Waals surface area (Å²) in [6.45, 7) is 0. The number of methoxy groups -OCH3 is 1. The van der Waals surface area contributed by atoms with E-state index in [9.17, 15) is 4.79 Å². The first kappa shape index (κ1) is 14.4. The van der Waals surface area contributed by atoms with Crippen molar-refractivity contribution in [3.05, 3.63) is 35.9 Å². The van der Waals surface area contributed by atoms with E-state index in [0.29, 0.717) is 6.04 Å². The predicted octanol–water partition coefficient (Wildman–Crippen LogP) is 2.60. The number of ether oxygens (including phenoxy) is 1. The molecule has 1 aromatic rings. The summed E-state index contributed by atoms with van der Waals surface area (Å²) in [7, 11) is 1.46. The van der Waals surface area contributed by atoms with E-state index in [1.165, 1.54) is 25.5 Å². The van der Waals surface area contributed by atoms with E-state index >= 15 is 0 Å². The monoisotopic (exact) mass is 279 g/mol. The van der Waals surface area contributed by atoms with Gasteiger partial charge in [-0.05, 0) is 30.6 Å². The van der Waals surface area contributed by atoms with E-state index in [-0.39, 0.29) is 12.0 Å². The number of esters is 1. The quantitative estimate of drug-likeness (QED) is 0.586. The molecule has 1 fully saturated rings. The summed E-state index contributed by atoms with van der Waals surface area (Å²) in [5.41, 5.74) is 1.33. The van der Waals surface area contributed by atoms with Gasteiger partial charge in [0.2, 0.25) is 0 Å². The lowest BCUT2D eigenvalue weighted by molar-refractivity contribution is -0.143. The minimum absolute atomic E-state index is 0.132. The van der Waals surface area contributed by atoms with E-state index in [2.05, 4.69) is 29.6 Å². The van der Waals surface area contributed by atoms with Crippen molar-refractivity contribution in [2.24, 2.45) is 0 Å². The lowest BCUT2D eigenvalue weighted by Gasteiger charge is -2.15. The SMILES string of the molecule is COC(=O)C(CCSCc1ccccc1)NC1CC1. The maximum atomic E-state index is 11.6. The van der Waals surface area contributed by atoms with Crippen molar-refractivity contribution in [1.82, 2.24) is 5.32 Å². The molecule has 0 aromatic heterocycles. The third kappa shape index (κ3) is 5.25. The Balaban J connectivity index is 1.68. The predicted molar refractivity (Wildman–Crippen MR) is 79.2 cm³/mol. The van der Waals surface area contributed by atoms with Crippen LogP contribution in [0.4, 0.5) is 0 Å². The van der Waals surface area contributed by atoms with Crippen molar-refractivity contribution in [2.75, 3.05) is 12.9 Å². The Hall–Kier alpha value is -1.00. The first-order valence-corrected chi connectivity index (χ1v) is 7.90. The Morgan fingerprint density at radius 1 is 1.42 bits per heavy atom. The van der Waals surface area contributed by atoms with Crippen LogP contribution in [0.5, 0.6) is 0 Å². The third-order valence-electron chi connectivity index (χ3n) is 3.16. The van der Waals surface area contributed by atoms with E-state index in [4.69, 9.17) is 4.74 Å². The molecule has 1 atom stereocenters. The number of hydrogen-bond donors (Lipinski definition) is 1. The van der Waals surface area contributed by atoms with Gasteiger partial charge < -0.3 is 10.1 Å². The molecular weight excluding hydrogens is 258 g/mol. The number of nitrogens with one attached hydrogen (secondary N) is 1. The molecule has 1 aromatic carbocycles. The van der Waals surface area contributed by atoms with Gasteiger partial charge >= 0.3 is 5.97 Å². The minimum Gasteiger partial charge on any atom is -0.468 e. The Morgan fingerprint density at radius 2 is 2.16 bits per heavy atom. The molecule has 1 N–H and O–H groups in total. The Bertz CT molecular complexity index is 392. The van der Waals surface area contributed by atoms with Crippen LogP contribution in [-0.4, -0.2) is 30.9 Å². The molecule has 1 saturated carbocycles. The number of benzene rings is 1. The number of rotatable bonds is 8. The van der Waals surface area contributed by atoms with Crippen molar-refractivity contribution >= 4 is 17.7 Å². The lowest BCUT2D eigenvalue weighted by atomic mass is 10.2. The Morgan fingerprint density at radius 3 is 2.79 bits per heavy atom. The summed E-state index contributed by atoms with van der Waals surface area (Å²) < 4.78 is 4.85. The fourth-order valence-electron chi connectivity index (χ4n) is 1.91. The fraction of sp³-hybridized carbons (Fsp3) is 0.533. The van der Waals surface area contributed by atoms with Crippen molar-refractivity contribution in [1.29, 1.82) is 0 Å².